The molecule has 0 heterocycles. The fourth-order valence-corrected chi connectivity index (χ4v) is 0.831. The van der Waals surface area contributed by atoms with Crippen molar-refractivity contribution in [1.82, 2.24) is 0 Å². The van der Waals surface area contributed by atoms with Gasteiger partial charge in [0.15, 0.2) is 23.3 Å². The van der Waals surface area contributed by atoms with Gasteiger partial charge in [-0.1, -0.05) is 6.58 Å². The highest BCUT2D eigenvalue weighted by Crippen LogP contribution is 2.21. The Morgan fingerprint density at radius 1 is 0.905 bits per heavy atom. The van der Waals surface area contributed by atoms with E-state index in [1.54, 1.807) is 0 Å². The third kappa shape index (κ3) is 4.94. The first kappa shape index (κ1) is 18.1. The van der Waals surface area contributed by atoms with E-state index in [0.717, 1.165) is 6.08 Å². The highest BCUT2D eigenvalue weighted by molar-refractivity contribution is 5.87. The lowest BCUT2D eigenvalue weighted by atomic mass is 10.1. The monoisotopic (exact) mass is 308 g/mol. The van der Waals surface area contributed by atoms with Crippen LogP contribution in [0.5, 0.6) is 0 Å². The van der Waals surface area contributed by atoms with E-state index in [1.165, 1.54) is 11.8 Å². The van der Waals surface area contributed by atoms with Gasteiger partial charge in [0, 0.05) is 12.0 Å². The average Bonchev–Trinajstić information content (AvgIpc) is 2.43. The van der Waals surface area contributed by atoms with Gasteiger partial charge in [0.25, 0.3) is 0 Å². The number of hydrogen-bond acceptors (Lipinski definition) is 2. The van der Waals surface area contributed by atoms with Crippen LogP contribution >= 0.6 is 0 Å². The first-order valence-electron chi connectivity index (χ1n) is 4.75. The minimum atomic E-state index is -2.32. The standard InChI is InChI=1S/C9HF5O2.C3H4O2/c10-5-3(1-2-4(15)16)6(11)8(13)9(14)7(5)12;1-2-3(4)5/h(H,15,16);2H,1H2,(H,4,5). The molecule has 0 unspecified atom stereocenters. The molecule has 0 aliphatic heterocycles. The zero-order valence-corrected chi connectivity index (χ0v) is 9.89. The highest BCUT2D eigenvalue weighted by Gasteiger charge is 2.24. The number of carboxylic acids is 2. The van der Waals surface area contributed by atoms with Gasteiger partial charge < -0.3 is 10.2 Å². The van der Waals surface area contributed by atoms with E-state index >= 15 is 0 Å². The summed E-state index contributed by atoms with van der Waals surface area (Å²) in [5.74, 6) is -11.1. The summed E-state index contributed by atoms with van der Waals surface area (Å²) in [6.07, 6.45) is 0.833. The molecule has 1 rings (SSSR count). The second-order valence-electron chi connectivity index (χ2n) is 3.04. The lowest BCUT2D eigenvalue weighted by Gasteiger charge is -2.01. The molecule has 0 aliphatic carbocycles. The number of aliphatic carboxylic acids is 2. The molecule has 9 heteroatoms. The first-order valence-corrected chi connectivity index (χ1v) is 4.75. The van der Waals surface area contributed by atoms with Crippen LogP contribution in [-0.4, -0.2) is 22.2 Å². The first-order chi connectivity index (χ1) is 9.63. The second kappa shape index (κ2) is 7.64. The van der Waals surface area contributed by atoms with Gasteiger partial charge in [0.1, 0.15) is 5.56 Å². The Morgan fingerprint density at radius 2 is 1.24 bits per heavy atom. The van der Waals surface area contributed by atoms with E-state index in [-0.39, 0.29) is 0 Å². The van der Waals surface area contributed by atoms with Gasteiger partial charge in [0.05, 0.1) is 0 Å². The molecular formula is C12H5F5O4. The van der Waals surface area contributed by atoms with Gasteiger partial charge in [-0.3, -0.25) is 0 Å². The van der Waals surface area contributed by atoms with Crippen LogP contribution in [-0.2, 0) is 9.59 Å². The Morgan fingerprint density at radius 3 is 1.52 bits per heavy atom. The van der Waals surface area contributed by atoms with Gasteiger partial charge in [-0.15, -0.1) is 0 Å². The number of hydrogen-bond donors (Lipinski definition) is 2. The van der Waals surface area contributed by atoms with Crippen LogP contribution in [0.2, 0.25) is 0 Å². The molecule has 1 aromatic carbocycles. The summed E-state index contributed by atoms with van der Waals surface area (Å²) in [7, 11) is 0. The lowest BCUT2D eigenvalue weighted by Crippen LogP contribution is -2.04. The van der Waals surface area contributed by atoms with Crippen LogP contribution < -0.4 is 0 Å². The maximum absolute atomic E-state index is 12.8. The van der Waals surface area contributed by atoms with Crippen LogP contribution in [0, 0.1) is 40.9 Å². The molecule has 1 aromatic rings. The third-order valence-corrected chi connectivity index (χ3v) is 1.68. The van der Waals surface area contributed by atoms with Gasteiger partial charge in [0.2, 0.25) is 5.82 Å². The lowest BCUT2D eigenvalue weighted by molar-refractivity contribution is -0.132. The van der Waals surface area contributed by atoms with E-state index in [4.69, 9.17) is 10.2 Å². The fraction of sp³-hybridized carbons (Fsp3) is 0. The van der Waals surface area contributed by atoms with E-state index in [0.29, 0.717) is 0 Å². The fourth-order valence-electron chi connectivity index (χ4n) is 0.831. The van der Waals surface area contributed by atoms with Gasteiger partial charge >= 0.3 is 11.9 Å². The van der Waals surface area contributed by atoms with E-state index < -0.39 is 46.6 Å². The summed E-state index contributed by atoms with van der Waals surface area (Å²) in [6.45, 7) is 2.96. The maximum Gasteiger partial charge on any atom is 0.382 e. The molecule has 0 aromatic heterocycles. The molecule has 21 heavy (non-hydrogen) atoms. The quantitative estimate of drug-likeness (QED) is 0.274. The maximum atomic E-state index is 12.8. The minimum Gasteiger partial charge on any atom is -0.478 e. The van der Waals surface area contributed by atoms with Crippen molar-refractivity contribution in [2.24, 2.45) is 0 Å². The zero-order valence-electron chi connectivity index (χ0n) is 9.89. The Bertz CT molecular complexity index is 629. The van der Waals surface area contributed by atoms with Crippen molar-refractivity contribution in [2.75, 3.05) is 0 Å². The largest absolute Gasteiger partial charge is 0.478 e. The molecule has 0 amide bonds. The van der Waals surface area contributed by atoms with Crippen molar-refractivity contribution >= 4 is 11.9 Å². The SMILES string of the molecule is C=CC(=O)O.O=C(O)C#Cc1c(F)c(F)c(F)c(F)c1F. The highest BCUT2D eigenvalue weighted by atomic mass is 19.2. The molecule has 112 valence electrons. The second-order valence-corrected chi connectivity index (χ2v) is 3.04. The number of rotatable bonds is 1. The normalized spacial score (nSPS) is 8.81. The number of carbonyl (C=O) groups is 2. The van der Waals surface area contributed by atoms with Crippen LogP contribution in [0.3, 0.4) is 0 Å². The smallest absolute Gasteiger partial charge is 0.382 e. The average molecular weight is 308 g/mol. The van der Waals surface area contributed by atoms with Crippen LogP contribution in [0.15, 0.2) is 12.7 Å². The van der Waals surface area contributed by atoms with Gasteiger partial charge in [-0.2, -0.15) is 0 Å². The molecule has 0 spiro atoms. The van der Waals surface area contributed by atoms with Crippen LogP contribution in [0.1, 0.15) is 5.56 Å². The molecule has 0 saturated heterocycles. The predicted octanol–water partition coefficient (Wildman–Crippen LogP) is 2.08. The zero-order chi connectivity index (χ0) is 16.7. The summed E-state index contributed by atoms with van der Waals surface area (Å²) in [5, 5.41) is 15.7. The van der Waals surface area contributed by atoms with Gasteiger partial charge in [-0.25, -0.2) is 31.5 Å². The Kier molecular flexibility index (Phi) is 6.59. The molecule has 0 saturated carbocycles. The predicted molar refractivity (Wildman–Crippen MR) is 58.6 cm³/mol. The van der Waals surface area contributed by atoms with Crippen LogP contribution in [0.4, 0.5) is 22.0 Å². The number of halogens is 5. The third-order valence-electron chi connectivity index (χ3n) is 1.68. The van der Waals surface area contributed by atoms with Crippen molar-refractivity contribution in [3.8, 4) is 11.8 Å². The molecular weight excluding hydrogens is 303 g/mol. The molecule has 2 N–H and O–H groups in total. The van der Waals surface area contributed by atoms with E-state index in [9.17, 15) is 31.5 Å². The molecule has 0 fully saturated rings. The topological polar surface area (TPSA) is 74.6 Å². The molecule has 0 aliphatic rings. The number of carboxylic acid groups (broad SMARTS) is 2. The van der Waals surface area contributed by atoms with Crippen molar-refractivity contribution in [3.63, 3.8) is 0 Å². The van der Waals surface area contributed by atoms with Crippen molar-refractivity contribution in [2.45, 2.75) is 0 Å². The van der Waals surface area contributed by atoms with E-state index in [1.807, 2.05) is 0 Å². The summed E-state index contributed by atoms with van der Waals surface area (Å²) >= 11 is 0. The number of benzene rings is 1. The summed E-state index contributed by atoms with van der Waals surface area (Å²) in [4.78, 5) is 19.2. The molecule has 0 atom stereocenters. The minimum absolute atomic E-state index is 0.833. The van der Waals surface area contributed by atoms with Crippen molar-refractivity contribution in [3.05, 3.63) is 47.3 Å². The van der Waals surface area contributed by atoms with E-state index in [2.05, 4.69) is 6.58 Å². The van der Waals surface area contributed by atoms with Crippen molar-refractivity contribution < 1.29 is 41.8 Å². The van der Waals surface area contributed by atoms with Gasteiger partial charge in [-0.05, 0) is 5.92 Å². The molecule has 0 radical (unpaired) electrons. The molecule has 0 bridgehead atoms. The Balaban J connectivity index is 0.000000690. The molecule has 4 nitrogen and oxygen atoms in total. The Labute approximate surface area is 114 Å². The summed E-state index contributed by atoms with van der Waals surface area (Å²) in [6, 6.07) is 0. The van der Waals surface area contributed by atoms with Crippen LogP contribution in [0.25, 0.3) is 0 Å². The van der Waals surface area contributed by atoms with Crippen molar-refractivity contribution in [1.29, 1.82) is 0 Å². The summed E-state index contributed by atoms with van der Waals surface area (Å²) < 4.78 is 63.3. The Hall–Kier alpha value is -2.89. The summed E-state index contributed by atoms with van der Waals surface area (Å²) in [5.41, 5.74) is -1.47.